The molecule has 0 unspecified atom stereocenters. The molecular formula is C11H19N3O2S. The number of aliphatic hydroxyl groups is 1. The van der Waals surface area contributed by atoms with E-state index in [0.717, 1.165) is 23.9 Å². The maximum Gasteiger partial charge on any atom is 0.133 e. The van der Waals surface area contributed by atoms with Crippen LogP contribution in [0.3, 0.4) is 0 Å². The summed E-state index contributed by atoms with van der Waals surface area (Å²) in [6.45, 7) is 4.75. The smallest absolute Gasteiger partial charge is 0.133 e. The number of thioether (sulfide) groups is 1. The van der Waals surface area contributed by atoms with Crippen LogP contribution in [0.15, 0.2) is 17.4 Å². The van der Waals surface area contributed by atoms with Gasteiger partial charge in [0, 0.05) is 19.2 Å². The van der Waals surface area contributed by atoms with Crippen molar-refractivity contribution in [2.75, 3.05) is 44.1 Å². The van der Waals surface area contributed by atoms with Crippen molar-refractivity contribution in [3.63, 3.8) is 0 Å². The van der Waals surface area contributed by atoms with Crippen molar-refractivity contribution >= 4 is 17.6 Å². The van der Waals surface area contributed by atoms with Gasteiger partial charge < -0.3 is 14.7 Å². The molecule has 0 radical (unpaired) electrons. The fourth-order valence-corrected chi connectivity index (χ4v) is 1.77. The van der Waals surface area contributed by atoms with Gasteiger partial charge in [-0.1, -0.05) is 0 Å². The molecule has 0 aliphatic rings. The van der Waals surface area contributed by atoms with Crippen LogP contribution in [-0.4, -0.2) is 54.2 Å². The van der Waals surface area contributed by atoms with Crippen LogP contribution in [0.1, 0.15) is 6.92 Å². The molecule has 0 aliphatic carbocycles. The van der Waals surface area contributed by atoms with Gasteiger partial charge in [-0.15, -0.1) is 11.8 Å². The van der Waals surface area contributed by atoms with Crippen molar-refractivity contribution in [1.82, 2.24) is 9.97 Å². The van der Waals surface area contributed by atoms with Gasteiger partial charge in [0.1, 0.15) is 17.2 Å². The molecule has 0 aliphatic heterocycles. The molecule has 6 heteroatoms. The van der Waals surface area contributed by atoms with E-state index in [1.165, 1.54) is 0 Å². The molecule has 0 saturated carbocycles. The van der Waals surface area contributed by atoms with E-state index in [0.29, 0.717) is 13.2 Å². The molecule has 0 amide bonds. The van der Waals surface area contributed by atoms with Crippen LogP contribution in [0.5, 0.6) is 0 Å². The SMILES string of the molecule is CCN(CCOCCO)c1cc(SC)ncn1. The lowest BCUT2D eigenvalue weighted by atomic mass is 10.4. The quantitative estimate of drug-likeness (QED) is 0.426. The highest BCUT2D eigenvalue weighted by atomic mass is 32.2. The molecule has 0 saturated heterocycles. The number of aromatic nitrogens is 2. The molecule has 0 aromatic carbocycles. The van der Waals surface area contributed by atoms with Gasteiger partial charge in [-0.25, -0.2) is 9.97 Å². The Morgan fingerprint density at radius 2 is 2.24 bits per heavy atom. The first-order chi connectivity index (χ1) is 8.31. The number of nitrogens with zero attached hydrogens (tertiary/aromatic N) is 3. The summed E-state index contributed by atoms with van der Waals surface area (Å²) in [5, 5.41) is 9.57. The lowest BCUT2D eigenvalue weighted by molar-refractivity contribution is 0.0967. The Labute approximate surface area is 106 Å². The van der Waals surface area contributed by atoms with E-state index in [9.17, 15) is 0 Å². The number of aliphatic hydroxyl groups excluding tert-OH is 1. The van der Waals surface area contributed by atoms with Gasteiger partial charge in [-0.05, 0) is 13.2 Å². The normalized spacial score (nSPS) is 10.5. The molecule has 17 heavy (non-hydrogen) atoms. The predicted molar refractivity (Wildman–Crippen MR) is 69.6 cm³/mol. The second-order valence-electron chi connectivity index (χ2n) is 3.33. The molecule has 0 spiro atoms. The summed E-state index contributed by atoms with van der Waals surface area (Å²) in [7, 11) is 0. The van der Waals surface area contributed by atoms with Gasteiger partial charge >= 0.3 is 0 Å². The number of anilines is 1. The van der Waals surface area contributed by atoms with Crippen molar-refractivity contribution in [2.24, 2.45) is 0 Å². The van der Waals surface area contributed by atoms with Crippen molar-refractivity contribution < 1.29 is 9.84 Å². The Hall–Kier alpha value is -0.850. The zero-order chi connectivity index (χ0) is 12.5. The first kappa shape index (κ1) is 14.2. The average molecular weight is 257 g/mol. The summed E-state index contributed by atoms with van der Waals surface area (Å²) in [6, 6.07) is 1.97. The molecule has 96 valence electrons. The molecule has 1 rings (SSSR count). The Kier molecular flexibility index (Phi) is 6.91. The summed E-state index contributed by atoms with van der Waals surface area (Å²) >= 11 is 1.60. The third-order valence-corrected chi connectivity index (χ3v) is 2.93. The largest absolute Gasteiger partial charge is 0.394 e. The first-order valence-corrected chi connectivity index (χ1v) is 6.83. The van der Waals surface area contributed by atoms with Crippen molar-refractivity contribution in [2.45, 2.75) is 11.9 Å². The van der Waals surface area contributed by atoms with E-state index in [1.807, 2.05) is 12.3 Å². The van der Waals surface area contributed by atoms with E-state index < -0.39 is 0 Å². The monoisotopic (exact) mass is 257 g/mol. The number of rotatable bonds is 8. The van der Waals surface area contributed by atoms with Crippen molar-refractivity contribution in [3.05, 3.63) is 12.4 Å². The van der Waals surface area contributed by atoms with Gasteiger partial charge in [0.25, 0.3) is 0 Å². The fraction of sp³-hybridized carbons (Fsp3) is 0.636. The number of hydrogen-bond acceptors (Lipinski definition) is 6. The summed E-state index contributed by atoms with van der Waals surface area (Å²) in [5.74, 6) is 0.916. The topological polar surface area (TPSA) is 58.5 Å². The minimum atomic E-state index is 0.0657. The molecular weight excluding hydrogens is 238 g/mol. The maximum absolute atomic E-state index is 8.61. The first-order valence-electron chi connectivity index (χ1n) is 5.61. The van der Waals surface area contributed by atoms with Crippen LogP contribution < -0.4 is 4.90 Å². The van der Waals surface area contributed by atoms with Crippen LogP contribution in [0, 0.1) is 0 Å². The third-order valence-electron chi connectivity index (χ3n) is 2.28. The molecule has 0 bridgehead atoms. The van der Waals surface area contributed by atoms with Crippen LogP contribution in [0.2, 0.25) is 0 Å². The average Bonchev–Trinajstić information content (AvgIpc) is 2.39. The highest BCUT2D eigenvalue weighted by Gasteiger charge is 2.06. The maximum atomic E-state index is 8.61. The van der Waals surface area contributed by atoms with E-state index in [1.54, 1.807) is 18.1 Å². The lowest BCUT2D eigenvalue weighted by Gasteiger charge is -2.21. The Balaban J connectivity index is 2.53. The Morgan fingerprint density at radius 3 is 2.88 bits per heavy atom. The van der Waals surface area contributed by atoms with E-state index in [2.05, 4.69) is 21.8 Å². The number of ether oxygens (including phenoxy) is 1. The second-order valence-corrected chi connectivity index (χ2v) is 4.16. The second kappa shape index (κ2) is 8.27. The third kappa shape index (κ3) is 4.89. The minimum absolute atomic E-state index is 0.0657. The highest BCUT2D eigenvalue weighted by molar-refractivity contribution is 7.98. The predicted octanol–water partition coefficient (Wildman–Crippen LogP) is 1.03. The van der Waals surface area contributed by atoms with E-state index in [-0.39, 0.29) is 6.61 Å². The van der Waals surface area contributed by atoms with Crippen LogP contribution in [-0.2, 0) is 4.74 Å². The lowest BCUT2D eigenvalue weighted by Crippen LogP contribution is -2.28. The molecule has 1 aromatic heterocycles. The van der Waals surface area contributed by atoms with Crippen molar-refractivity contribution in [3.8, 4) is 0 Å². The molecule has 1 aromatic rings. The van der Waals surface area contributed by atoms with Crippen LogP contribution >= 0.6 is 11.8 Å². The summed E-state index contributed by atoms with van der Waals surface area (Å²) < 4.78 is 5.25. The van der Waals surface area contributed by atoms with Gasteiger partial charge in [-0.3, -0.25) is 0 Å². The molecule has 1 heterocycles. The zero-order valence-corrected chi connectivity index (χ0v) is 11.1. The zero-order valence-electron chi connectivity index (χ0n) is 10.3. The van der Waals surface area contributed by atoms with Crippen molar-refractivity contribution in [1.29, 1.82) is 0 Å². The molecule has 0 atom stereocenters. The summed E-state index contributed by atoms with van der Waals surface area (Å²) in [4.78, 5) is 10.5. The van der Waals surface area contributed by atoms with Gasteiger partial charge in [-0.2, -0.15) is 0 Å². The van der Waals surface area contributed by atoms with Gasteiger partial charge in [0.15, 0.2) is 0 Å². The highest BCUT2D eigenvalue weighted by Crippen LogP contribution is 2.16. The standard InChI is InChI=1S/C11H19N3O2S/c1-3-14(4-6-16-7-5-15)10-8-11(17-2)13-9-12-10/h8-9,15H,3-7H2,1-2H3. The molecule has 1 N–H and O–H groups in total. The van der Waals surface area contributed by atoms with Crippen LogP contribution in [0.25, 0.3) is 0 Å². The van der Waals surface area contributed by atoms with E-state index >= 15 is 0 Å². The Morgan fingerprint density at radius 1 is 1.41 bits per heavy atom. The molecule has 5 nitrogen and oxygen atoms in total. The fourth-order valence-electron chi connectivity index (χ4n) is 1.39. The van der Waals surface area contributed by atoms with Gasteiger partial charge in [0.2, 0.25) is 0 Å². The Bertz CT molecular complexity index is 325. The van der Waals surface area contributed by atoms with Crippen LogP contribution in [0.4, 0.5) is 5.82 Å². The molecule has 0 fully saturated rings. The number of hydrogen-bond donors (Lipinski definition) is 1. The minimum Gasteiger partial charge on any atom is -0.394 e. The number of likely N-dealkylation sites (N-methyl/N-ethyl adjacent to an activating group) is 1. The summed E-state index contributed by atoms with van der Waals surface area (Å²) in [6.07, 6.45) is 3.57. The van der Waals surface area contributed by atoms with Gasteiger partial charge in [0.05, 0.1) is 19.8 Å². The summed E-state index contributed by atoms with van der Waals surface area (Å²) in [5.41, 5.74) is 0. The van der Waals surface area contributed by atoms with E-state index in [4.69, 9.17) is 9.84 Å².